The lowest BCUT2D eigenvalue weighted by Gasteiger charge is -2.15. The van der Waals surface area contributed by atoms with Crippen molar-refractivity contribution in [3.8, 4) is 5.75 Å². The van der Waals surface area contributed by atoms with Crippen LogP contribution in [-0.4, -0.2) is 40.3 Å². The highest BCUT2D eigenvalue weighted by molar-refractivity contribution is 5.79. The van der Waals surface area contributed by atoms with Gasteiger partial charge in [-0.3, -0.25) is 4.40 Å². The first kappa shape index (κ1) is 20.4. The lowest BCUT2D eigenvalue weighted by Crippen LogP contribution is -2.39. The van der Waals surface area contributed by atoms with Crippen LogP contribution < -0.4 is 15.4 Å². The summed E-state index contributed by atoms with van der Waals surface area (Å²) in [6, 6.07) is 10.7. The summed E-state index contributed by atoms with van der Waals surface area (Å²) in [6.45, 7) is 3.16. The van der Waals surface area contributed by atoms with E-state index in [1.807, 2.05) is 35.7 Å². The molecule has 2 aromatic heterocycles. The van der Waals surface area contributed by atoms with Crippen molar-refractivity contribution in [3.63, 3.8) is 0 Å². The van der Waals surface area contributed by atoms with E-state index >= 15 is 0 Å². The van der Waals surface area contributed by atoms with Crippen LogP contribution in [0.25, 0.3) is 5.65 Å². The number of guanidine groups is 1. The summed E-state index contributed by atoms with van der Waals surface area (Å²) in [5.41, 5.74) is -0.0633. The van der Waals surface area contributed by atoms with Crippen molar-refractivity contribution in [2.24, 2.45) is 4.99 Å². The van der Waals surface area contributed by atoms with E-state index in [0.29, 0.717) is 18.3 Å². The van der Waals surface area contributed by atoms with Gasteiger partial charge in [-0.2, -0.15) is 13.2 Å². The van der Waals surface area contributed by atoms with Gasteiger partial charge >= 0.3 is 6.18 Å². The number of halogens is 3. The van der Waals surface area contributed by atoms with Crippen LogP contribution in [0.2, 0.25) is 0 Å². The van der Waals surface area contributed by atoms with Gasteiger partial charge in [-0.1, -0.05) is 18.2 Å². The summed E-state index contributed by atoms with van der Waals surface area (Å²) < 4.78 is 46.1. The Morgan fingerprint density at radius 3 is 2.69 bits per heavy atom. The molecule has 0 fully saturated rings. The van der Waals surface area contributed by atoms with E-state index in [-0.39, 0.29) is 25.4 Å². The molecule has 0 aliphatic carbocycles. The first-order valence-corrected chi connectivity index (χ1v) is 9.09. The van der Waals surface area contributed by atoms with Gasteiger partial charge in [-0.25, -0.2) is 4.99 Å². The van der Waals surface area contributed by atoms with E-state index in [4.69, 9.17) is 4.74 Å². The number of para-hydroxylation sites is 1. The molecule has 3 aromatic rings. The van der Waals surface area contributed by atoms with Gasteiger partial charge in [0.1, 0.15) is 18.9 Å². The summed E-state index contributed by atoms with van der Waals surface area (Å²) in [5, 5.41) is 14.3. The molecule has 0 saturated carbocycles. The van der Waals surface area contributed by atoms with E-state index in [1.165, 1.54) is 18.2 Å². The highest BCUT2D eigenvalue weighted by atomic mass is 19.4. The molecule has 154 valence electrons. The summed E-state index contributed by atoms with van der Waals surface area (Å²) in [5.74, 6) is 0.986. The zero-order chi connectivity index (χ0) is 20.7. The summed E-state index contributed by atoms with van der Waals surface area (Å²) >= 11 is 0. The highest BCUT2D eigenvalue weighted by Crippen LogP contribution is 2.35. The SMILES string of the molecule is CCNC(=NCc1nnc2ccccn12)NCCOc1ccccc1C(F)(F)F. The van der Waals surface area contributed by atoms with Gasteiger partial charge in [0.15, 0.2) is 17.4 Å². The lowest BCUT2D eigenvalue weighted by molar-refractivity contribution is -0.138. The minimum absolute atomic E-state index is 0.0470. The Labute approximate surface area is 165 Å². The monoisotopic (exact) mass is 406 g/mol. The maximum atomic E-state index is 13.0. The molecule has 3 rings (SSSR count). The maximum Gasteiger partial charge on any atom is 0.419 e. The van der Waals surface area contributed by atoms with Crippen molar-refractivity contribution in [2.45, 2.75) is 19.6 Å². The Hall–Kier alpha value is -3.30. The van der Waals surface area contributed by atoms with E-state index in [9.17, 15) is 13.2 Å². The van der Waals surface area contributed by atoms with Gasteiger partial charge in [0.05, 0.1) is 12.1 Å². The fraction of sp³-hybridized carbons (Fsp3) is 0.316. The lowest BCUT2D eigenvalue weighted by atomic mass is 10.2. The number of ether oxygens (including phenoxy) is 1. The molecule has 0 atom stereocenters. The predicted molar refractivity (Wildman–Crippen MR) is 103 cm³/mol. The van der Waals surface area contributed by atoms with Crippen LogP contribution in [0.3, 0.4) is 0 Å². The van der Waals surface area contributed by atoms with Gasteiger partial charge in [-0.15, -0.1) is 10.2 Å². The number of rotatable bonds is 7. The Kier molecular flexibility index (Phi) is 6.53. The van der Waals surface area contributed by atoms with Crippen LogP contribution >= 0.6 is 0 Å². The van der Waals surface area contributed by atoms with E-state index in [0.717, 1.165) is 11.7 Å². The van der Waals surface area contributed by atoms with Crippen molar-refractivity contribution < 1.29 is 17.9 Å². The van der Waals surface area contributed by atoms with Crippen molar-refractivity contribution in [1.29, 1.82) is 0 Å². The van der Waals surface area contributed by atoms with Crippen molar-refractivity contribution in [1.82, 2.24) is 25.2 Å². The number of aliphatic imine (C=N–C) groups is 1. The molecule has 2 N–H and O–H groups in total. The molecular formula is C19H21F3N6O. The first-order chi connectivity index (χ1) is 14.0. The summed E-state index contributed by atoms with van der Waals surface area (Å²) in [6.07, 6.45) is -2.60. The largest absolute Gasteiger partial charge is 0.491 e. The molecule has 2 heterocycles. The molecule has 0 aliphatic heterocycles. The standard InChI is InChI=1S/C19H21F3N6O/c1-2-23-18(25-13-17-27-26-16-9-5-6-11-28(16)17)24-10-12-29-15-8-4-3-7-14(15)19(20,21)22/h3-9,11H,2,10,12-13H2,1H3,(H2,23,24,25). The smallest absolute Gasteiger partial charge is 0.419 e. The third kappa shape index (κ3) is 5.37. The number of hydrogen-bond donors (Lipinski definition) is 2. The third-order valence-corrected chi connectivity index (χ3v) is 3.95. The van der Waals surface area contributed by atoms with Crippen molar-refractivity contribution in [3.05, 3.63) is 60.0 Å². The average Bonchev–Trinajstić information content (AvgIpc) is 3.12. The summed E-state index contributed by atoms with van der Waals surface area (Å²) in [7, 11) is 0. The fourth-order valence-corrected chi connectivity index (χ4v) is 2.65. The van der Waals surface area contributed by atoms with Crippen LogP contribution in [0, 0.1) is 0 Å². The number of pyridine rings is 1. The minimum atomic E-state index is -4.46. The summed E-state index contributed by atoms with van der Waals surface area (Å²) in [4.78, 5) is 4.44. The molecular weight excluding hydrogens is 385 g/mol. The Morgan fingerprint density at radius 1 is 1.10 bits per heavy atom. The van der Waals surface area contributed by atoms with Crippen LogP contribution in [0.1, 0.15) is 18.3 Å². The van der Waals surface area contributed by atoms with Gasteiger partial charge in [0.25, 0.3) is 0 Å². The number of benzene rings is 1. The van der Waals surface area contributed by atoms with Crippen molar-refractivity contribution >= 4 is 11.6 Å². The number of aromatic nitrogens is 3. The Balaban J connectivity index is 1.57. The zero-order valence-electron chi connectivity index (χ0n) is 15.8. The molecule has 0 unspecified atom stereocenters. The van der Waals surface area contributed by atoms with E-state index in [1.54, 1.807) is 0 Å². The maximum absolute atomic E-state index is 13.0. The predicted octanol–water partition coefficient (Wildman–Crippen LogP) is 2.88. The normalized spacial score (nSPS) is 12.2. The zero-order valence-corrected chi connectivity index (χ0v) is 15.8. The number of alkyl halides is 3. The average molecular weight is 406 g/mol. The van der Waals surface area contributed by atoms with Crippen LogP contribution in [-0.2, 0) is 12.7 Å². The fourth-order valence-electron chi connectivity index (χ4n) is 2.65. The molecule has 29 heavy (non-hydrogen) atoms. The van der Waals surface area contributed by atoms with E-state index < -0.39 is 11.7 Å². The second-order valence-corrected chi connectivity index (χ2v) is 6.01. The molecule has 0 bridgehead atoms. The van der Waals surface area contributed by atoms with Gasteiger partial charge in [0.2, 0.25) is 0 Å². The molecule has 0 amide bonds. The van der Waals surface area contributed by atoms with E-state index in [2.05, 4.69) is 25.8 Å². The number of nitrogens with one attached hydrogen (secondary N) is 2. The Bertz CT molecular complexity index is 970. The molecule has 0 aliphatic rings. The number of fused-ring (bicyclic) bond motifs is 1. The second kappa shape index (κ2) is 9.26. The number of nitrogens with zero attached hydrogens (tertiary/aromatic N) is 4. The number of hydrogen-bond acceptors (Lipinski definition) is 4. The topological polar surface area (TPSA) is 75.8 Å². The molecule has 7 nitrogen and oxygen atoms in total. The quantitative estimate of drug-likeness (QED) is 0.359. The van der Waals surface area contributed by atoms with Crippen molar-refractivity contribution in [2.75, 3.05) is 19.7 Å². The Morgan fingerprint density at radius 2 is 1.90 bits per heavy atom. The van der Waals surface area contributed by atoms with Crippen LogP contribution in [0.15, 0.2) is 53.7 Å². The van der Waals surface area contributed by atoms with Gasteiger partial charge < -0.3 is 15.4 Å². The molecule has 0 spiro atoms. The first-order valence-electron chi connectivity index (χ1n) is 9.09. The molecule has 0 radical (unpaired) electrons. The third-order valence-electron chi connectivity index (χ3n) is 3.95. The molecule has 10 heteroatoms. The van der Waals surface area contributed by atoms with Gasteiger partial charge in [0, 0.05) is 12.7 Å². The molecule has 1 aromatic carbocycles. The molecule has 0 saturated heterocycles. The van der Waals surface area contributed by atoms with Gasteiger partial charge in [-0.05, 0) is 31.2 Å². The minimum Gasteiger partial charge on any atom is -0.491 e. The second-order valence-electron chi connectivity index (χ2n) is 6.01. The highest BCUT2D eigenvalue weighted by Gasteiger charge is 2.33. The van der Waals surface area contributed by atoms with Crippen LogP contribution in [0.5, 0.6) is 5.75 Å². The van der Waals surface area contributed by atoms with Crippen LogP contribution in [0.4, 0.5) is 13.2 Å².